The summed E-state index contributed by atoms with van der Waals surface area (Å²) in [6.45, 7) is 3.92. The van der Waals surface area contributed by atoms with E-state index >= 15 is 0 Å². The molecule has 0 radical (unpaired) electrons. The maximum absolute atomic E-state index is 12.1. The number of rotatable bonds is 5. The van der Waals surface area contributed by atoms with Crippen molar-refractivity contribution in [1.82, 2.24) is 15.1 Å². The van der Waals surface area contributed by atoms with Gasteiger partial charge < -0.3 is 10.4 Å². The van der Waals surface area contributed by atoms with Crippen LogP contribution in [0, 0.1) is 6.92 Å². The summed E-state index contributed by atoms with van der Waals surface area (Å²) in [5, 5.41) is 16.8. The molecule has 0 fully saturated rings. The number of carbonyl (C=O) groups excluding carboxylic acids is 1. The Hall–Kier alpha value is -1.85. The van der Waals surface area contributed by atoms with Gasteiger partial charge in [-0.2, -0.15) is 5.10 Å². The minimum absolute atomic E-state index is 0.251. The van der Waals surface area contributed by atoms with Crippen molar-refractivity contribution in [3.63, 3.8) is 0 Å². The van der Waals surface area contributed by atoms with Crippen LogP contribution >= 0.6 is 11.6 Å². The summed E-state index contributed by atoms with van der Waals surface area (Å²) in [5.74, 6) is -0.251. The molecule has 1 aromatic carbocycles. The summed E-state index contributed by atoms with van der Waals surface area (Å²) >= 11 is 6.13. The van der Waals surface area contributed by atoms with Crippen LogP contribution in [0.5, 0.6) is 0 Å². The lowest BCUT2D eigenvalue weighted by molar-refractivity contribution is 0.0939. The van der Waals surface area contributed by atoms with E-state index in [1.807, 2.05) is 25.1 Å². The summed E-state index contributed by atoms with van der Waals surface area (Å²) < 4.78 is 1.60. The molecule has 1 heterocycles. The Labute approximate surface area is 128 Å². The van der Waals surface area contributed by atoms with Gasteiger partial charge >= 0.3 is 0 Å². The molecule has 6 heteroatoms. The van der Waals surface area contributed by atoms with Gasteiger partial charge in [-0.25, -0.2) is 4.68 Å². The van der Waals surface area contributed by atoms with Crippen LogP contribution in [0.4, 0.5) is 0 Å². The van der Waals surface area contributed by atoms with E-state index in [-0.39, 0.29) is 5.91 Å². The third kappa shape index (κ3) is 3.83. The van der Waals surface area contributed by atoms with Crippen molar-refractivity contribution in [3.05, 3.63) is 46.7 Å². The quantitative estimate of drug-likeness (QED) is 0.891. The number of nitrogens with zero attached hydrogens (tertiary/aromatic N) is 2. The summed E-state index contributed by atoms with van der Waals surface area (Å²) in [6, 6.07) is 7.31. The first-order valence-corrected chi connectivity index (χ1v) is 7.14. The minimum atomic E-state index is -0.438. The first-order valence-electron chi connectivity index (χ1n) is 6.76. The Bertz CT molecular complexity index is 638. The van der Waals surface area contributed by atoms with Gasteiger partial charge in [0.15, 0.2) is 5.69 Å². The molecule has 5 nitrogen and oxygen atoms in total. The fourth-order valence-electron chi connectivity index (χ4n) is 1.92. The van der Waals surface area contributed by atoms with Crippen molar-refractivity contribution in [2.75, 3.05) is 6.54 Å². The summed E-state index contributed by atoms with van der Waals surface area (Å²) in [7, 11) is 0. The number of para-hydroxylation sites is 1. The Morgan fingerprint density at radius 2 is 2.19 bits per heavy atom. The molecular formula is C15H18ClN3O2. The van der Waals surface area contributed by atoms with Crippen LogP contribution < -0.4 is 5.32 Å². The first kappa shape index (κ1) is 15.5. The summed E-state index contributed by atoms with van der Waals surface area (Å²) in [4.78, 5) is 12.1. The second kappa shape index (κ2) is 6.74. The molecule has 1 atom stereocenters. The lowest BCUT2D eigenvalue weighted by Gasteiger charge is -2.06. The van der Waals surface area contributed by atoms with E-state index in [2.05, 4.69) is 10.4 Å². The molecule has 0 aliphatic heterocycles. The van der Waals surface area contributed by atoms with Crippen LogP contribution in [0.2, 0.25) is 5.02 Å². The highest BCUT2D eigenvalue weighted by molar-refractivity contribution is 6.32. The molecule has 2 aromatic rings. The lowest BCUT2D eigenvalue weighted by Crippen LogP contribution is -2.27. The molecule has 0 aliphatic rings. The van der Waals surface area contributed by atoms with Crippen molar-refractivity contribution in [1.29, 1.82) is 0 Å². The SMILES string of the molecule is Cc1cn(-c2ccccc2Cl)nc1C(=O)NCCC(C)O. The van der Waals surface area contributed by atoms with E-state index in [0.29, 0.717) is 23.7 Å². The molecule has 0 saturated heterocycles. The van der Waals surface area contributed by atoms with E-state index in [1.165, 1.54) is 0 Å². The maximum atomic E-state index is 12.1. The molecule has 21 heavy (non-hydrogen) atoms. The van der Waals surface area contributed by atoms with E-state index < -0.39 is 6.10 Å². The van der Waals surface area contributed by atoms with Crippen LogP contribution in [0.1, 0.15) is 29.4 Å². The van der Waals surface area contributed by atoms with Gasteiger partial charge in [0.1, 0.15) is 0 Å². The highest BCUT2D eigenvalue weighted by Crippen LogP contribution is 2.20. The van der Waals surface area contributed by atoms with Gasteiger partial charge in [0, 0.05) is 18.3 Å². The first-order chi connectivity index (χ1) is 9.99. The minimum Gasteiger partial charge on any atom is -0.393 e. The van der Waals surface area contributed by atoms with Crippen LogP contribution in [0.25, 0.3) is 5.69 Å². The number of hydrogen-bond acceptors (Lipinski definition) is 3. The Morgan fingerprint density at radius 3 is 2.86 bits per heavy atom. The number of aromatic nitrogens is 2. The summed E-state index contributed by atoms with van der Waals surface area (Å²) in [5.41, 5.74) is 1.86. The van der Waals surface area contributed by atoms with Crippen LogP contribution in [0.3, 0.4) is 0 Å². The van der Waals surface area contributed by atoms with Crippen LogP contribution in [-0.4, -0.2) is 33.4 Å². The number of nitrogens with one attached hydrogen (secondary N) is 1. The molecule has 0 aliphatic carbocycles. The smallest absolute Gasteiger partial charge is 0.272 e. The zero-order valence-electron chi connectivity index (χ0n) is 12.0. The number of aliphatic hydroxyl groups is 1. The zero-order chi connectivity index (χ0) is 15.4. The van der Waals surface area contributed by atoms with Gasteiger partial charge in [0.25, 0.3) is 5.91 Å². The van der Waals surface area contributed by atoms with Crippen molar-refractivity contribution >= 4 is 17.5 Å². The highest BCUT2D eigenvalue weighted by Gasteiger charge is 2.15. The predicted octanol–water partition coefficient (Wildman–Crippen LogP) is 2.33. The number of halogens is 1. The number of carbonyl (C=O) groups is 1. The Balaban J connectivity index is 2.16. The molecule has 0 bridgehead atoms. The average molecular weight is 308 g/mol. The Kier molecular flexibility index (Phi) is 4.98. The van der Waals surface area contributed by atoms with Crippen LogP contribution in [0.15, 0.2) is 30.5 Å². The van der Waals surface area contributed by atoms with E-state index in [0.717, 1.165) is 11.3 Å². The normalized spacial score (nSPS) is 12.2. The lowest BCUT2D eigenvalue weighted by atomic mass is 10.2. The largest absolute Gasteiger partial charge is 0.393 e. The molecule has 2 N–H and O–H groups in total. The molecule has 2 rings (SSSR count). The average Bonchev–Trinajstić information content (AvgIpc) is 2.80. The van der Waals surface area contributed by atoms with Crippen molar-refractivity contribution in [3.8, 4) is 5.69 Å². The molecule has 1 amide bonds. The van der Waals surface area contributed by atoms with Gasteiger partial charge in [-0.1, -0.05) is 23.7 Å². The zero-order valence-corrected chi connectivity index (χ0v) is 12.8. The highest BCUT2D eigenvalue weighted by atomic mass is 35.5. The van der Waals surface area contributed by atoms with Crippen LogP contribution in [-0.2, 0) is 0 Å². The topological polar surface area (TPSA) is 67.2 Å². The molecule has 112 valence electrons. The van der Waals surface area contributed by atoms with Gasteiger partial charge in [-0.05, 0) is 32.4 Å². The van der Waals surface area contributed by atoms with Gasteiger partial charge in [-0.3, -0.25) is 4.79 Å². The summed E-state index contributed by atoms with van der Waals surface area (Å²) in [6.07, 6.45) is 1.84. The fourth-order valence-corrected chi connectivity index (χ4v) is 2.15. The van der Waals surface area contributed by atoms with E-state index in [1.54, 1.807) is 23.9 Å². The fraction of sp³-hybridized carbons (Fsp3) is 0.333. The van der Waals surface area contributed by atoms with Crippen molar-refractivity contribution < 1.29 is 9.90 Å². The monoisotopic (exact) mass is 307 g/mol. The second-order valence-corrected chi connectivity index (χ2v) is 5.36. The van der Waals surface area contributed by atoms with E-state index in [9.17, 15) is 9.90 Å². The van der Waals surface area contributed by atoms with Gasteiger partial charge in [0.05, 0.1) is 16.8 Å². The standard InChI is InChI=1S/C15H18ClN3O2/c1-10-9-19(13-6-4-3-5-12(13)16)18-14(10)15(21)17-8-7-11(2)20/h3-6,9,11,20H,7-8H2,1-2H3,(H,17,21). The second-order valence-electron chi connectivity index (χ2n) is 4.95. The molecule has 1 aromatic heterocycles. The molecule has 0 saturated carbocycles. The number of hydrogen-bond donors (Lipinski definition) is 2. The van der Waals surface area contributed by atoms with E-state index in [4.69, 9.17) is 11.6 Å². The number of aliphatic hydroxyl groups excluding tert-OH is 1. The van der Waals surface area contributed by atoms with Crippen molar-refractivity contribution in [2.45, 2.75) is 26.4 Å². The van der Waals surface area contributed by atoms with Gasteiger partial charge in [-0.15, -0.1) is 0 Å². The maximum Gasteiger partial charge on any atom is 0.272 e. The molecular weight excluding hydrogens is 290 g/mol. The third-order valence-electron chi connectivity index (χ3n) is 3.06. The van der Waals surface area contributed by atoms with Gasteiger partial charge in [0.2, 0.25) is 0 Å². The Morgan fingerprint density at radius 1 is 1.48 bits per heavy atom. The number of benzene rings is 1. The molecule has 1 unspecified atom stereocenters. The molecule has 0 spiro atoms. The number of aryl methyl sites for hydroxylation is 1. The third-order valence-corrected chi connectivity index (χ3v) is 3.38. The predicted molar refractivity (Wildman–Crippen MR) is 81.9 cm³/mol. The number of amides is 1. The van der Waals surface area contributed by atoms with Crippen molar-refractivity contribution in [2.24, 2.45) is 0 Å².